The number of carbonyl (C=O) groups excluding carboxylic acids is 2. The van der Waals surface area contributed by atoms with Crippen LogP contribution in [0.5, 0.6) is 0 Å². The molecule has 90 valence electrons. The Morgan fingerprint density at radius 3 is 2.65 bits per heavy atom. The highest BCUT2D eigenvalue weighted by atomic mass is 79.9. The maximum atomic E-state index is 11.5. The Morgan fingerprint density at radius 2 is 2.06 bits per heavy atom. The quantitative estimate of drug-likeness (QED) is 0.845. The highest BCUT2D eigenvalue weighted by Gasteiger charge is 2.40. The van der Waals surface area contributed by atoms with Crippen LogP contribution in [-0.4, -0.2) is 25.2 Å². The fraction of sp³-hybridized carbons (Fsp3) is 0.273. The minimum absolute atomic E-state index is 0.524. The third-order valence-corrected chi connectivity index (χ3v) is 2.99. The van der Waals surface area contributed by atoms with Gasteiger partial charge in [0.05, 0.1) is 7.11 Å². The van der Waals surface area contributed by atoms with Crippen molar-refractivity contribution in [3.63, 3.8) is 0 Å². The smallest absolute Gasteiger partial charge is 0.408 e. The van der Waals surface area contributed by atoms with Gasteiger partial charge in [-0.15, -0.1) is 0 Å². The minimum Gasteiger partial charge on any atom is -0.467 e. The number of rotatable bonds is 2. The van der Waals surface area contributed by atoms with Crippen LogP contribution in [0.25, 0.3) is 0 Å². The van der Waals surface area contributed by atoms with E-state index < -0.39 is 24.2 Å². The molecule has 1 fully saturated rings. The van der Waals surface area contributed by atoms with Crippen molar-refractivity contribution in [3.05, 3.63) is 34.3 Å². The lowest BCUT2D eigenvalue weighted by molar-refractivity contribution is -0.144. The molecule has 1 aromatic rings. The molecule has 0 saturated carbocycles. The van der Waals surface area contributed by atoms with Crippen LogP contribution in [-0.2, 0) is 14.3 Å². The lowest BCUT2D eigenvalue weighted by Crippen LogP contribution is -2.36. The first-order valence-corrected chi connectivity index (χ1v) is 5.71. The fourth-order valence-corrected chi connectivity index (χ4v) is 1.91. The van der Waals surface area contributed by atoms with E-state index in [1.165, 1.54) is 7.11 Å². The number of alkyl carbamates (subject to hydrolysis) is 1. The Morgan fingerprint density at radius 1 is 1.41 bits per heavy atom. The lowest BCUT2D eigenvalue weighted by Gasteiger charge is -2.14. The SMILES string of the molecule is COC(=O)[C@H]1NC(=O)O[C@@H]1c1ccc(Br)cc1. The normalized spacial score (nSPS) is 22.8. The number of benzene rings is 1. The third kappa shape index (κ3) is 2.41. The second-order valence-electron chi connectivity index (χ2n) is 3.52. The number of methoxy groups -OCH3 is 1. The van der Waals surface area contributed by atoms with Gasteiger partial charge in [0, 0.05) is 4.47 Å². The highest BCUT2D eigenvalue weighted by Crippen LogP contribution is 2.28. The van der Waals surface area contributed by atoms with Gasteiger partial charge in [-0.05, 0) is 17.7 Å². The van der Waals surface area contributed by atoms with Crippen LogP contribution in [0, 0.1) is 0 Å². The Hall–Kier alpha value is -1.56. The van der Waals surface area contributed by atoms with Crippen LogP contribution < -0.4 is 5.32 Å². The molecule has 2 rings (SSSR count). The van der Waals surface area contributed by atoms with Gasteiger partial charge in [0.15, 0.2) is 12.1 Å². The van der Waals surface area contributed by atoms with Gasteiger partial charge in [-0.2, -0.15) is 0 Å². The molecule has 0 spiro atoms. The fourth-order valence-electron chi connectivity index (χ4n) is 1.64. The molecular weight excluding hydrogens is 290 g/mol. The van der Waals surface area contributed by atoms with Crippen LogP contribution in [0.1, 0.15) is 11.7 Å². The highest BCUT2D eigenvalue weighted by molar-refractivity contribution is 9.10. The summed E-state index contributed by atoms with van der Waals surface area (Å²) in [5, 5.41) is 2.42. The van der Waals surface area contributed by atoms with E-state index in [0.29, 0.717) is 0 Å². The second kappa shape index (κ2) is 4.75. The van der Waals surface area contributed by atoms with Crippen molar-refractivity contribution in [2.45, 2.75) is 12.1 Å². The van der Waals surface area contributed by atoms with Crippen molar-refractivity contribution in [3.8, 4) is 0 Å². The summed E-state index contributed by atoms with van der Waals surface area (Å²) in [6.07, 6.45) is -1.27. The van der Waals surface area contributed by atoms with Gasteiger partial charge in [0.2, 0.25) is 0 Å². The Kier molecular flexibility index (Phi) is 3.33. The number of nitrogens with one attached hydrogen (secondary N) is 1. The topological polar surface area (TPSA) is 64.6 Å². The summed E-state index contributed by atoms with van der Waals surface area (Å²) in [5.41, 5.74) is 0.738. The molecule has 1 saturated heterocycles. The average Bonchev–Trinajstić information content (AvgIpc) is 2.71. The molecule has 0 aliphatic carbocycles. The standard InChI is InChI=1S/C11H10BrNO4/c1-16-10(14)8-9(17-11(15)13-8)6-2-4-7(12)5-3-6/h2-5,8-9H,1H3,(H,13,15)/t8-,9+/m0/s1. The van der Waals surface area contributed by atoms with Crippen LogP contribution >= 0.6 is 15.9 Å². The van der Waals surface area contributed by atoms with E-state index in [2.05, 4.69) is 26.0 Å². The summed E-state index contributed by atoms with van der Waals surface area (Å²) in [6.45, 7) is 0. The number of hydrogen-bond acceptors (Lipinski definition) is 4. The Bertz CT molecular complexity index is 445. The van der Waals surface area contributed by atoms with Crippen molar-refractivity contribution in [2.75, 3.05) is 7.11 Å². The minimum atomic E-state index is -0.798. The first-order valence-electron chi connectivity index (χ1n) is 4.92. The van der Waals surface area contributed by atoms with Gasteiger partial charge in [-0.3, -0.25) is 0 Å². The Labute approximate surface area is 106 Å². The zero-order chi connectivity index (χ0) is 12.4. The maximum absolute atomic E-state index is 11.5. The third-order valence-electron chi connectivity index (χ3n) is 2.46. The molecular formula is C11H10BrNO4. The number of hydrogen-bond donors (Lipinski definition) is 1. The molecule has 1 aromatic carbocycles. The summed E-state index contributed by atoms with van der Waals surface area (Å²) in [6, 6.07) is 6.40. The number of carbonyl (C=O) groups is 2. The van der Waals surface area contributed by atoms with E-state index in [9.17, 15) is 9.59 Å². The molecule has 0 unspecified atom stereocenters. The summed E-state index contributed by atoms with van der Waals surface area (Å²) < 4.78 is 10.6. The number of ether oxygens (including phenoxy) is 2. The molecule has 1 aliphatic heterocycles. The molecule has 5 nitrogen and oxygen atoms in total. The zero-order valence-corrected chi connectivity index (χ0v) is 10.6. The second-order valence-corrected chi connectivity index (χ2v) is 4.44. The summed E-state index contributed by atoms with van der Waals surface area (Å²) >= 11 is 3.31. The number of esters is 1. The van der Waals surface area contributed by atoms with Crippen LogP contribution in [0.3, 0.4) is 0 Å². The van der Waals surface area contributed by atoms with E-state index in [1.807, 2.05) is 12.1 Å². The molecule has 6 heteroatoms. The zero-order valence-electron chi connectivity index (χ0n) is 8.98. The van der Waals surface area contributed by atoms with E-state index in [1.54, 1.807) is 12.1 Å². The van der Waals surface area contributed by atoms with Crippen molar-refractivity contribution >= 4 is 28.0 Å². The van der Waals surface area contributed by atoms with Gasteiger partial charge in [-0.25, -0.2) is 9.59 Å². The monoisotopic (exact) mass is 299 g/mol. The van der Waals surface area contributed by atoms with Crippen molar-refractivity contribution in [1.29, 1.82) is 0 Å². The first kappa shape index (κ1) is 11.9. The van der Waals surface area contributed by atoms with Crippen LogP contribution in [0.4, 0.5) is 4.79 Å². The van der Waals surface area contributed by atoms with Gasteiger partial charge in [0.25, 0.3) is 0 Å². The van der Waals surface area contributed by atoms with Gasteiger partial charge < -0.3 is 14.8 Å². The van der Waals surface area contributed by atoms with Crippen molar-refractivity contribution in [2.24, 2.45) is 0 Å². The largest absolute Gasteiger partial charge is 0.467 e. The average molecular weight is 300 g/mol. The van der Waals surface area contributed by atoms with Crippen LogP contribution in [0.2, 0.25) is 0 Å². The predicted octanol–water partition coefficient (Wildman–Crippen LogP) is 1.77. The maximum Gasteiger partial charge on any atom is 0.408 e. The van der Waals surface area contributed by atoms with Crippen molar-refractivity contribution < 1.29 is 19.1 Å². The number of halogens is 1. The molecule has 2 atom stereocenters. The summed E-state index contributed by atoms with van der Waals surface area (Å²) in [5.74, 6) is -0.524. The molecule has 0 radical (unpaired) electrons. The molecule has 0 aromatic heterocycles. The van der Waals surface area contributed by atoms with E-state index in [4.69, 9.17) is 4.74 Å². The molecule has 1 N–H and O–H groups in total. The van der Waals surface area contributed by atoms with Gasteiger partial charge in [0.1, 0.15) is 0 Å². The number of amides is 1. The summed E-state index contributed by atoms with van der Waals surface area (Å²) in [4.78, 5) is 22.7. The van der Waals surface area contributed by atoms with Crippen molar-refractivity contribution in [1.82, 2.24) is 5.32 Å². The van der Waals surface area contributed by atoms with Gasteiger partial charge in [-0.1, -0.05) is 28.1 Å². The molecule has 0 bridgehead atoms. The number of cyclic esters (lactones) is 1. The summed E-state index contributed by atoms with van der Waals surface area (Å²) in [7, 11) is 1.27. The molecule has 1 amide bonds. The van der Waals surface area contributed by atoms with E-state index >= 15 is 0 Å². The first-order chi connectivity index (χ1) is 8.11. The Balaban J connectivity index is 2.26. The molecule has 1 heterocycles. The van der Waals surface area contributed by atoms with E-state index in [0.717, 1.165) is 10.0 Å². The van der Waals surface area contributed by atoms with E-state index in [-0.39, 0.29) is 0 Å². The molecule has 17 heavy (non-hydrogen) atoms. The molecule has 1 aliphatic rings. The van der Waals surface area contributed by atoms with Gasteiger partial charge >= 0.3 is 12.1 Å². The lowest BCUT2D eigenvalue weighted by atomic mass is 10.0. The predicted molar refractivity (Wildman–Crippen MR) is 62.3 cm³/mol. The van der Waals surface area contributed by atoms with Crippen LogP contribution in [0.15, 0.2) is 28.7 Å².